The van der Waals surface area contributed by atoms with Crippen molar-refractivity contribution in [1.82, 2.24) is 0 Å². The van der Waals surface area contributed by atoms with Gasteiger partial charge < -0.3 is 9.47 Å². The van der Waals surface area contributed by atoms with E-state index in [1.807, 2.05) is 0 Å². The van der Waals surface area contributed by atoms with E-state index in [-0.39, 0.29) is 24.3 Å². The third-order valence-corrected chi connectivity index (χ3v) is 3.09. The van der Waals surface area contributed by atoms with Crippen molar-refractivity contribution in [3.63, 3.8) is 0 Å². The predicted octanol–water partition coefficient (Wildman–Crippen LogP) is 3.41. The SMILES string of the molecule is COc1c(C2COC(C(F)(F)F)C2)ccc(F)c1F. The van der Waals surface area contributed by atoms with Crippen LogP contribution in [-0.2, 0) is 4.74 Å². The summed E-state index contributed by atoms with van der Waals surface area (Å²) in [5.74, 6) is -3.34. The Morgan fingerprint density at radius 1 is 1.26 bits per heavy atom. The number of rotatable bonds is 2. The van der Waals surface area contributed by atoms with Gasteiger partial charge in [-0.2, -0.15) is 17.6 Å². The molecule has 1 aromatic rings. The lowest BCUT2D eigenvalue weighted by Gasteiger charge is -2.15. The summed E-state index contributed by atoms with van der Waals surface area (Å²) in [7, 11) is 1.14. The lowest BCUT2D eigenvalue weighted by molar-refractivity contribution is -0.206. The molecule has 0 radical (unpaired) electrons. The number of hydrogen-bond donors (Lipinski definition) is 0. The Bertz CT molecular complexity index is 472. The molecule has 0 saturated carbocycles. The first-order valence-corrected chi connectivity index (χ1v) is 5.54. The second-order valence-corrected chi connectivity index (χ2v) is 4.28. The Morgan fingerprint density at radius 3 is 2.47 bits per heavy atom. The van der Waals surface area contributed by atoms with E-state index in [0.29, 0.717) is 0 Å². The van der Waals surface area contributed by atoms with Crippen LogP contribution in [-0.4, -0.2) is 26.0 Å². The van der Waals surface area contributed by atoms with E-state index in [1.54, 1.807) is 0 Å². The molecule has 2 atom stereocenters. The standard InChI is InChI=1S/C12H11F5O2/c1-18-11-7(2-3-8(13)10(11)14)6-4-9(19-5-6)12(15,16)17/h2-3,6,9H,4-5H2,1H3. The molecular formula is C12H11F5O2. The normalized spacial score (nSPS) is 23.7. The fourth-order valence-corrected chi connectivity index (χ4v) is 2.15. The lowest BCUT2D eigenvalue weighted by Crippen LogP contribution is -2.27. The van der Waals surface area contributed by atoms with Gasteiger partial charge in [-0.05, 0) is 12.5 Å². The largest absolute Gasteiger partial charge is 0.493 e. The molecule has 0 aromatic heterocycles. The minimum Gasteiger partial charge on any atom is -0.493 e. The fraction of sp³-hybridized carbons (Fsp3) is 0.500. The fourth-order valence-electron chi connectivity index (χ4n) is 2.15. The van der Waals surface area contributed by atoms with Gasteiger partial charge in [0.2, 0.25) is 5.82 Å². The minimum atomic E-state index is -4.46. The van der Waals surface area contributed by atoms with Gasteiger partial charge in [-0.3, -0.25) is 0 Å². The number of methoxy groups -OCH3 is 1. The summed E-state index contributed by atoms with van der Waals surface area (Å²) in [6.07, 6.45) is -6.67. The molecule has 2 nitrogen and oxygen atoms in total. The third kappa shape index (κ3) is 2.65. The van der Waals surface area contributed by atoms with Crippen molar-refractivity contribution in [3.8, 4) is 5.75 Å². The zero-order valence-electron chi connectivity index (χ0n) is 9.93. The molecule has 1 heterocycles. The number of alkyl halides is 3. The highest BCUT2D eigenvalue weighted by Crippen LogP contribution is 2.41. The van der Waals surface area contributed by atoms with Gasteiger partial charge in [-0.25, -0.2) is 4.39 Å². The van der Waals surface area contributed by atoms with Crippen LogP contribution in [0.2, 0.25) is 0 Å². The monoisotopic (exact) mass is 282 g/mol. The van der Waals surface area contributed by atoms with E-state index in [9.17, 15) is 22.0 Å². The molecular weight excluding hydrogens is 271 g/mol. The zero-order valence-corrected chi connectivity index (χ0v) is 9.93. The Kier molecular flexibility index (Phi) is 3.66. The number of halogens is 5. The Morgan fingerprint density at radius 2 is 1.95 bits per heavy atom. The van der Waals surface area contributed by atoms with Crippen LogP contribution >= 0.6 is 0 Å². The van der Waals surface area contributed by atoms with Gasteiger partial charge in [0.05, 0.1) is 13.7 Å². The van der Waals surface area contributed by atoms with Crippen LogP contribution < -0.4 is 4.74 Å². The van der Waals surface area contributed by atoms with E-state index in [0.717, 1.165) is 13.2 Å². The van der Waals surface area contributed by atoms with Crippen LogP contribution in [0.5, 0.6) is 5.75 Å². The summed E-state index contributed by atoms with van der Waals surface area (Å²) < 4.78 is 73.4. The van der Waals surface area contributed by atoms with Gasteiger partial charge in [-0.15, -0.1) is 0 Å². The molecule has 0 bridgehead atoms. The van der Waals surface area contributed by atoms with Crippen molar-refractivity contribution in [1.29, 1.82) is 0 Å². The average Bonchev–Trinajstić information content (AvgIpc) is 2.81. The Balaban J connectivity index is 2.27. The highest BCUT2D eigenvalue weighted by Gasteiger charge is 2.46. The van der Waals surface area contributed by atoms with Gasteiger partial charge in [0.1, 0.15) is 0 Å². The van der Waals surface area contributed by atoms with Gasteiger partial charge in [-0.1, -0.05) is 6.07 Å². The topological polar surface area (TPSA) is 18.5 Å². The quantitative estimate of drug-likeness (QED) is 0.774. The Labute approximate surface area is 106 Å². The number of ether oxygens (including phenoxy) is 2. The molecule has 1 aromatic carbocycles. The van der Waals surface area contributed by atoms with E-state index in [1.165, 1.54) is 6.07 Å². The van der Waals surface area contributed by atoms with E-state index in [4.69, 9.17) is 4.74 Å². The maximum atomic E-state index is 13.5. The molecule has 0 N–H and O–H groups in total. The van der Waals surface area contributed by atoms with Crippen molar-refractivity contribution in [2.45, 2.75) is 24.6 Å². The molecule has 2 rings (SSSR count). The van der Waals surface area contributed by atoms with Gasteiger partial charge >= 0.3 is 6.18 Å². The van der Waals surface area contributed by atoms with Crippen LogP contribution in [0.3, 0.4) is 0 Å². The van der Waals surface area contributed by atoms with Crippen molar-refractivity contribution in [2.75, 3.05) is 13.7 Å². The summed E-state index contributed by atoms with van der Waals surface area (Å²) in [5, 5.41) is 0. The van der Waals surface area contributed by atoms with Gasteiger partial charge in [0.15, 0.2) is 17.7 Å². The molecule has 1 aliphatic rings. The first kappa shape index (κ1) is 14.0. The minimum absolute atomic E-state index is 0.188. The maximum Gasteiger partial charge on any atom is 0.414 e. The molecule has 1 fully saturated rings. The summed E-state index contributed by atoms with van der Waals surface area (Å²) in [4.78, 5) is 0. The van der Waals surface area contributed by atoms with Gasteiger partial charge in [0, 0.05) is 11.5 Å². The summed E-state index contributed by atoms with van der Waals surface area (Å²) in [6, 6.07) is 2.10. The molecule has 106 valence electrons. The highest BCUT2D eigenvalue weighted by molar-refractivity contribution is 5.39. The second kappa shape index (κ2) is 4.96. The zero-order chi connectivity index (χ0) is 14.2. The van der Waals surface area contributed by atoms with Crippen LogP contribution in [0.1, 0.15) is 17.9 Å². The molecule has 1 aliphatic heterocycles. The number of benzene rings is 1. The average molecular weight is 282 g/mol. The van der Waals surface area contributed by atoms with E-state index in [2.05, 4.69) is 4.74 Å². The van der Waals surface area contributed by atoms with Crippen LogP contribution in [0.15, 0.2) is 12.1 Å². The van der Waals surface area contributed by atoms with E-state index < -0.39 is 29.8 Å². The Hall–Kier alpha value is -1.37. The molecule has 1 saturated heterocycles. The van der Waals surface area contributed by atoms with Crippen molar-refractivity contribution in [3.05, 3.63) is 29.3 Å². The predicted molar refractivity (Wildman–Crippen MR) is 56.1 cm³/mol. The molecule has 2 unspecified atom stereocenters. The maximum absolute atomic E-state index is 13.5. The molecule has 19 heavy (non-hydrogen) atoms. The molecule has 0 amide bonds. The highest BCUT2D eigenvalue weighted by atomic mass is 19.4. The number of hydrogen-bond acceptors (Lipinski definition) is 2. The first-order valence-electron chi connectivity index (χ1n) is 5.54. The smallest absolute Gasteiger partial charge is 0.414 e. The molecule has 7 heteroatoms. The van der Waals surface area contributed by atoms with Crippen molar-refractivity contribution < 1.29 is 31.4 Å². The molecule has 0 aliphatic carbocycles. The molecule has 0 spiro atoms. The first-order chi connectivity index (χ1) is 8.84. The summed E-state index contributed by atoms with van der Waals surface area (Å²) >= 11 is 0. The van der Waals surface area contributed by atoms with E-state index >= 15 is 0 Å². The van der Waals surface area contributed by atoms with Crippen molar-refractivity contribution in [2.24, 2.45) is 0 Å². The lowest BCUT2D eigenvalue weighted by atomic mass is 9.95. The second-order valence-electron chi connectivity index (χ2n) is 4.28. The van der Waals surface area contributed by atoms with Crippen molar-refractivity contribution >= 4 is 0 Å². The van der Waals surface area contributed by atoms with Crippen LogP contribution in [0.25, 0.3) is 0 Å². The van der Waals surface area contributed by atoms with Gasteiger partial charge in [0.25, 0.3) is 0 Å². The summed E-state index contributed by atoms with van der Waals surface area (Å²) in [6.45, 7) is -0.203. The van der Waals surface area contributed by atoms with Crippen LogP contribution in [0, 0.1) is 11.6 Å². The van der Waals surface area contributed by atoms with Crippen LogP contribution in [0.4, 0.5) is 22.0 Å². The third-order valence-electron chi connectivity index (χ3n) is 3.09. The summed E-state index contributed by atoms with van der Waals surface area (Å²) in [5.41, 5.74) is 0.188.